The van der Waals surface area contributed by atoms with Gasteiger partial charge in [-0.15, -0.1) is 0 Å². The van der Waals surface area contributed by atoms with Crippen molar-refractivity contribution in [2.75, 3.05) is 6.54 Å². The van der Waals surface area contributed by atoms with E-state index in [4.69, 9.17) is 0 Å². The molecule has 3 rings (SSSR count). The second kappa shape index (κ2) is 4.33. The van der Waals surface area contributed by atoms with Crippen molar-refractivity contribution in [3.8, 4) is 5.82 Å². The van der Waals surface area contributed by atoms with Crippen molar-refractivity contribution in [3.05, 3.63) is 30.2 Å². The molecule has 90 valence electrons. The van der Waals surface area contributed by atoms with Crippen LogP contribution < -0.4 is 5.32 Å². The summed E-state index contributed by atoms with van der Waals surface area (Å²) in [6, 6.07) is 4.38. The van der Waals surface area contributed by atoms with E-state index in [1.165, 1.54) is 12.8 Å². The van der Waals surface area contributed by atoms with Crippen LogP contribution in [0, 0.1) is 5.92 Å². The van der Waals surface area contributed by atoms with Crippen LogP contribution in [-0.2, 0) is 0 Å². The molecule has 2 atom stereocenters. The summed E-state index contributed by atoms with van der Waals surface area (Å²) >= 11 is 0. The molecule has 1 fully saturated rings. The average Bonchev–Trinajstić information content (AvgIpc) is 3.00. The Hall–Kier alpha value is -1.62. The van der Waals surface area contributed by atoms with Gasteiger partial charge >= 0.3 is 0 Å². The normalized spacial score (nSPS) is 25.0. The molecule has 5 heteroatoms. The first-order valence-corrected chi connectivity index (χ1v) is 6.12. The molecular formula is C12H17N5. The van der Waals surface area contributed by atoms with Crippen molar-refractivity contribution in [2.45, 2.75) is 25.8 Å². The zero-order valence-corrected chi connectivity index (χ0v) is 9.93. The lowest BCUT2D eigenvalue weighted by atomic mass is 9.95. The zero-order chi connectivity index (χ0) is 11.7. The molecule has 0 bridgehead atoms. The van der Waals surface area contributed by atoms with Crippen LogP contribution in [-0.4, -0.2) is 26.5 Å². The lowest BCUT2D eigenvalue weighted by Crippen LogP contribution is -2.32. The van der Waals surface area contributed by atoms with Gasteiger partial charge < -0.3 is 5.32 Å². The highest BCUT2D eigenvalue weighted by atomic mass is 15.3. The fourth-order valence-electron chi connectivity index (χ4n) is 2.28. The lowest BCUT2D eigenvalue weighted by molar-refractivity contribution is 0.328. The Bertz CT molecular complexity index is 465. The van der Waals surface area contributed by atoms with E-state index < -0.39 is 0 Å². The Balaban J connectivity index is 1.76. The Morgan fingerprint density at radius 1 is 1.35 bits per heavy atom. The molecule has 0 spiro atoms. The molecule has 0 aromatic carbocycles. The van der Waals surface area contributed by atoms with Crippen molar-refractivity contribution in [1.29, 1.82) is 0 Å². The number of hydrogen-bond donors (Lipinski definition) is 2. The SMILES string of the molecule is CC1CC[C@@H](c2ccn(-c3cc[nH]n3)n2)NC1. The van der Waals surface area contributed by atoms with Gasteiger partial charge in [-0.3, -0.25) is 5.10 Å². The third-order valence-electron chi connectivity index (χ3n) is 3.35. The topological polar surface area (TPSA) is 58.5 Å². The summed E-state index contributed by atoms with van der Waals surface area (Å²) in [4.78, 5) is 0. The highest BCUT2D eigenvalue weighted by molar-refractivity contribution is 5.20. The Labute approximate surface area is 100 Å². The van der Waals surface area contributed by atoms with Crippen LogP contribution >= 0.6 is 0 Å². The molecule has 17 heavy (non-hydrogen) atoms. The minimum Gasteiger partial charge on any atom is -0.308 e. The lowest BCUT2D eigenvalue weighted by Gasteiger charge is -2.26. The van der Waals surface area contributed by atoms with Crippen LogP contribution in [0.15, 0.2) is 24.5 Å². The molecule has 3 heterocycles. The van der Waals surface area contributed by atoms with Crippen molar-refractivity contribution in [2.24, 2.45) is 5.92 Å². The first-order chi connectivity index (χ1) is 8.33. The van der Waals surface area contributed by atoms with Crippen molar-refractivity contribution >= 4 is 0 Å². The molecule has 1 aliphatic rings. The van der Waals surface area contributed by atoms with Gasteiger partial charge in [-0.1, -0.05) is 6.92 Å². The van der Waals surface area contributed by atoms with Crippen molar-refractivity contribution < 1.29 is 0 Å². The molecule has 0 aliphatic carbocycles. The number of nitrogens with one attached hydrogen (secondary N) is 2. The summed E-state index contributed by atoms with van der Waals surface area (Å²) < 4.78 is 1.81. The maximum absolute atomic E-state index is 4.57. The molecule has 2 aromatic rings. The highest BCUT2D eigenvalue weighted by Crippen LogP contribution is 2.24. The summed E-state index contributed by atoms with van der Waals surface area (Å²) in [5, 5.41) is 15.0. The molecule has 0 saturated carbocycles. The predicted molar refractivity (Wildman–Crippen MR) is 64.9 cm³/mol. The van der Waals surface area contributed by atoms with Gasteiger partial charge in [0.2, 0.25) is 0 Å². The first-order valence-electron chi connectivity index (χ1n) is 6.12. The summed E-state index contributed by atoms with van der Waals surface area (Å²) in [6.07, 6.45) is 6.20. The smallest absolute Gasteiger partial charge is 0.174 e. The van der Waals surface area contributed by atoms with Gasteiger partial charge in [0.05, 0.1) is 11.7 Å². The number of hydrogen-bond acceptors (Lipinski definition) is 3. The van der Waals surface area contributed by atoms with Gasteiger partial charge in [0.15, 0.2) is 5.82 Å². The van der Waals surface area contributed by atoms with Crippen LogP contribution in [0.2, 0.25) is 0 Å². The first kappa shape index (κ1) is 10.5. The summed E-state index contributed by atoms with van der Waals surface area (Å²) in [5.74, 6) is 1.61. The predicted octanol–water partition coefficient (Wildman–Crippen LogP) is 1.66. The monoisotopic (exact) mass is 231 g/mol. The van der Waals surface area contributed by atoms with E-state index in [0.29, 0.717) is 6.04 Å². The van der Waals surface area contributed by atoms with Crippen LogP contribution in [0.3, 0.4) is 0 Å². The van der Waals surface area contributed by atoms with Crippen molar-refractivity contribution in [1.82, 2.24) is 25.3 Å². The Kier molecular flexibility index (Phi) is 2.68. The molecule has 5 nitrogen and oxygen atoms in total. The van der Waals surface area contributed by atoms with Gasteiger partial charge in [0, 0.05) is 18.5 Å². The van der Waals surface area contributed by atoms with Gasteiger partial charge in [0.25, 0.3) is 0 Å². The number of rotatable bonds is 2. The third kappa shape index (κ3) is 2.10. The van der Waals surface area contributed by atoms with E-state index in [9.17, 15) is 0 Å². The van der Waals surface area contributed by atoms with Crippen molar-refractivity contribution in [3.63, 3.8) is 0 Å². The Morgan fingerprint density at radius 2 is 2.29 bits per heavy atom. The number of H-pyrrole nitrogens is 1. The fourth-order valence-corrected chi connectivity index (χ4v) is 2.28. The molecule has 1 saturated heterocycles. The minimum atomic E-state index is 0.395. The third-order valence-corrected chi connectivity index (χ3v) is 3.35. The average molecular weight is 231 g/mol. The molecule has 1 unspecified atom stereocenters. The molecule has 2 N–H and O–H groups in total. The number of aromatic amines is 1. The second-order valence-corrected chi connectivity index (χ2v) is 4.76. The Morgan fingerprint density at radius 3 is 3.00 bits per heavy atom. The molecule has 2 aromatic heterocycles. The minimum absolute atomic E-state index is 0.395. The largest absolute Gasteiger partial charge is 0.308 e. The molecule has 0 amide bonds. The van der Waals surface area contributed by atoms with Gasteiger partial charge in [-0.2, -0.15) is 10.2 Å². The van der Waals surface area contributed by atoms with E-state index in [0.717, 1.165) is 24.0 Å². The number of nitrogens with zero attached hydrogens (tertiary/aromatic N) is 3. The van der Waals surface area contributed by atoms with Crippen LogP contribution in [0.1, 0.15) is 31.5 Å². The van der Waals surface area contributed by atoms with Gasteiger partial charge in [-0.25, -0.2) is 4.68 Å². The quantitative estimate of drug-likeness (QED) is 0.826. The summed E-state index contributed by atoms with van der Waals surface area (Å²) in [6.45, 7) is 3.37. The standard InChI is InChI=1S/C12H17N5/c1-9-2-3-10(13-8-9)11-5-7-17(16-11)12-4-6-14-15-12/h4-7,9-10,13H,2-3,8H2,1H3,(H,14,15)/t9?,10-/m0/s1. The summed E-state index contributed by atoms with van der Waals surface area (Å²) in [7, 11) is 0. The number of piperidine rings is 1. The van der Waals surface area contributed by atoms with Gasteiger partial charge in [-0.05, 0) is 31.4 Å². The van der Waals surface area contributed by atoms with E-state index in [-0.39, 0.29) is 0 Å². The van der Waals surface area contributed by atoms with Crippen LogP contribution in [0.5, 0.6) is 0 Å². The van der Waals surface area contributed by atoms with E-state index in [2.05, 4.69) is 33.6 Å². The molecule has 1 aliphatic heterocycles. The fraction of sp³-hybridized carbons (Fsp3) is 0.500. The zero-order valence-electron chi connectivity index (χ0n) is 9.93. The van der Waals surface area contributed by atoms with Crippen LogP contribution in [0.4, 0.5) is 0 Å². The van der Waals surface area contributed by atoms with Crippen LogP contribution in [0.25, 0.3) is 5.82 Å². The van der Waals surface area contributed by atoms with E-state index >= 15 is 0 Å². The maximum Gasteiger partial charge on any atom is 0.174 e. The second-order valence-electron chi connectivity index (χ2n) is 4.76. The highest BCUT2D eigenvalue weighted by Gasteiger charge is 2.20. The number of aromatic nitrogens is 4. The molecular weight excluding hydrogens is 214 g/mol. The maximum atomic E-state index is 4.57. The van der Waals surface area contributed by atoms with Gasteiger partial charge in [0.1, 0.15) is 0 Å². The molecule has 0 radical (unpaired) electrons. The van der Waals surface area contributed by atoms with E-state index in [1.807, 2.05) is 16.9 Å². The summed E-state index contributed by atoms with van der Waals surface area (Å²) in [5.41, 5.74) is 1.11. The van der Waals surface area contributed by atoms with E-state index in [1.54, 1.807) is 6.20 Å².